The Bertz CT molecular complexity index is 896. The second kappa shape index (κ2) is 8.97. The van der Waals surface area contributed by atoms with Gasteiger partial charge in [-0.2, -0.15) is 5.26 Å². The van der Waals surface area contributed by atoms with Gasteiger partial charge in [-0.1, -0.05) is 35.9 Å². The molecule has 0 atom stereocenters. The highest BCUT2D eigenvalue weighted by Gasteiger charge is 2.14. The van der Waals surface area contributed by atoms with E-state index in [1.54, 1.807) is 24.3 Å². The van der Waals surface area contributed by atoms with Crippen molar-refractivity contribution in [2.75, 3.05) is 11.9 Å². The van der Waals surface area contributed by atoms with Crippen LogP contribution in [0.15, 0.2) is 52.5 Å². The van der Waals surface area contributed by atoms with Crippen LogP contribution in [-0.4, -0.2) is 18.5 Å². The molecule has 0 aliphatic carbocycles. The molecule has 0 heterocycles. The van der Waals surface area contributed by atoms with Gasteiger partial charge in [-0.05, 0) is 59.1 Å². The molecule has 2 rings (SSSR count). The molecule has 1 N–H and O–H groups in total. The van der Waals surface area contributed by atoms with Crippen LogP contribution < -0.4 is 5.32 Å². The number of nitriles is 1. The van der Waals surface area contributed by atoms with Crippen molar-refractivity contribution in [3.05, 3.63) is 69.2 Å². The highest BCUT2D eigenvalue weighted by molar-refractivity contribution is 9.10. The van der Waals surface area contributed by atoms with E-state index in [1.807, 2.05) is 38.1 Å². The molecule has 0 bridgehead atoms. The lowest BCUT2D eigenvalue weighted by molar-refractivity contribution is -0.142. The highest BCUT2D eigenvalue weighted by atomic mass is 79.9. The second-order valence-corrected chi connectivity index (χ2v) is 6.54. The zero-order chi connectivity index (χ0) is 19.1. The van der Waals surface area contributed by atoms with Gasteiger partial charge in [0.2, 0.25) is 0 Å². The smallest absolute Gasteiger partial charge is 0.349 e. The van der Waals surface area contributed by atoms with E-state index < -0.39 is 18.5 Å². The molecule has 0 saturated carbocycles. The first-order chi connectivity index (χ1) is 12.4. The summed E-state index contributed by atoms with van der Waals surface area (Å²) < 4.78 is 5.66. The topological polar surface area (TPSA) is 79.2 Å². The van der Waals surface area contributed by atoms with Crippen LogP contribution in [0.4, 0.5) is 5.69 Å². The molecular formula is C20H17BrN2O3. The number of ether oxygens (including phenoxy) is 1. The Labute approximate surface area is 160 Å². The van der Waals surface area contributed by atoms with Gasteiger partial charge in [-0.3, -0.25) is 4.79 Å². The van der Waals surface area contributed by atoms with Crippen LogP contribution in [-0.2, 0) is 14.3 Å². The molecule has 6 heteroatoms. The SMILES string of the molecule is Cc1ccc(/C=C(\C#N)C(=O)OCC(=O)Nc2ccc(C)cc2Br)cc1. The van der Waals surface area contributed by atoms with Crippen molar-refractivity contribution in [3.8, 4) is 6.07 Å². The first-order valence-corrected chi connectivity index (χ1v) is 8.60. The van der Waals surface area contributed by atoms with E-state index in [0.717, 1.165) is 15.6 Å². The van der Waals surface area contributed by atoms with Gasteiger partial charge in [0.25, 0.3) is 5.91 Å². The van der Waals surface area contributed by atoms with Crippen molar-refractivity contribution in [1.82, 2.24) is 0 Å². The van der Waals surface area contributed by atoms with Crippen molar-refractivity contribution < 1.29 is 14.3 Å². The van der Waals surface area contributed by atoms with E-state index in [1.165, 1.54) is 6.08 Å². The van der Waals surface area contributed by atoms with Gasteiger partial charge >= 0.3 is 5.97 Å². The number of anilines is 1. The van der Waals surface area contributed by atoms with Crippen LogP contribution in [0.1, 0.15) is 16.7 Å². The van der Waals surface area contributed by atoms with E-state index in [4.69, 9.17) is 10.00 Å². The van der Waals surface area contributed by atoms with Gasteiger partial charge in [0.1, 0.15) is 11.6 Å². The van der Waals surface area contributed by atoms with Crippen molar-refractivity contribution >= 4 is 39.6 Å². The molecule has 0 aliphatic rings. The second-order valence-electron chi connectivity index (χ2n) is 5.69. The number of aryl methyl sites for hydroxylation is 2. The Morgan fingerprint density at radius 3 is 2.42 bits per heavy atom. The number of carbonyl (C=O) groups is 2. The number of nitrogens with one attached hydrogen (secondary N) is 1. The number of amides is 1. The lowest BCUT2D eigenvalue weighted by Gasteiger charge is -2.08. The molecule has 2 aromatic rings. The number of rotatable bonds is 5. The molecule has 132 valence electrons. The molecule has 1 amide bonds. The van der Waals surface area contributed by atoms with Crippen LogP contribution in [0.3, 0.4) is 0 Å². The number of hydrogen-bond donors (Lipinski definition) is 1. The molecule has 0 aliphatic heterocycles. The third-order valence-electron chi connectivity index (χ3n) is 3.46. The molecule has 0 fully saturated rings. The largest absolute Gasteiger partial charge is 0.451 e. The molecule has 0 aromatic heterocycles. The fourth-order valence-corrected chi connectivity index (χ4v) is 2.68. The molecule has 5 nitrogen and oxygen atoms in total. The third kappa shape index (κ3) is 5.57. The molecule has 0 saturated heterocycles. The number of benzene rings is 2. The minimum atomic E-state index is -0.841. The quantitative estimate of drug-likeness (QED) is 0.454. The first kappa shape index (κ1) is 19.4. The molecule has 26 heavy (non-hydrogen) atoms. The lowest BCUT2D eigenvalue weighted by Crippen LogP contribution is -2.21. The summed E-state index contributed by atoms with van der Waals surface area (Å²) in [6.07, 6.45) is 1.43. The Morgan fingerprint density at radius 1 is 1.15 bits per heavy atom. The summed E-state index contributed by atoms with van der Waals surface area (Å²) in [6.45, 7) is 3.39. The summed E-state index contributed by atoms with van der Waals surface area (Å²) in [5, 5.41) is 11.8. The van der Waals surface area contributed by atoms with E-state index in [-0.39, 0.29) is 5.57 Å². The zero-order valence-corrected chi connectivity index (χ0v) is 16.0. The lowest BCUT2D eigenvalue weighted by atomic mass is 10.1. The van der Waals surface area contributed by atoms with Crippen LogP contribution in [0.2, 0.25) is 0 Å². The summed E-state index contributed by atoms with van der Waals surface area (Å²) in [5.74, 6) is -1.33. The summed E-state index contributed by atoms with van der Waals surface area (Å²) in [6, 6.07) is 14.6. The van der Waals surface area contributed by atoms with Crippen molar-refractivity contribution in [3.63, 3.8) is 0 Å². The van der Waals surface area contributed by atoms with Gasteiger partial charge in [-0.15, -0.1) is 0 Å². The van der Waals surface area contributed by atoms with Crippen LogP contribution in [0.5, 0.6) is 0 Å². The van der Waals surface area contributed by atoms with E-state index >= 15 is 0 Å². The van der Waals surface area contributed by atoms with Crippen molar-refractivity contribution in [2.45, 2.75) is 13.8 Å². The molecule has 2 aromatic carbocycles. The normalized spacial score (nSPS) is 10.8. The summed E-state index contributed by atoms with van der Waals surface area (Å²) >= 11 is 3.36. The van der Waals surface area contributed by atoms with Crippen molar-refractivity contribution in [2.24, 2.45) is 0 Å². The first-order valence-electron chi connectivity index (χ1n) is 7.80. The average molecular weight is 413 g/mol. The van der Waals surface area contributed by atoms with Gasteiger partial charge in [-0.25, -0.2) is 4.79 Å². The number of halogens is 1. The van der Waals surface area contributed by atoms with E-state index in [9.17, 15) is 9.59 Å². The molecular weight excluding hydrogens is 396 g/mol. The Kier molecular flexibility index (Phi) is 6.70. The Hall–Kier alpha value is -2.91. The predicted octanol–water partition coefficient (Wildman–Crippen LogP) is 4.15. The van der Waals surface area contributed by atoms with E-state index in [0.29, 0.717) is 11.3 Å². The van der Waals surface area contributed by atoms with E-state index in [2.05, 4.69) is 21.2 Å². The fraction of sp³-hybridized carbons (Fsp3) is 0.150. The van der Waals surface area contributed by atoms with Gasteiger partial charge in [0.05, 0.1) is 5.69 Å². The third-order valence-corrected chi connectivity index (χ3v) is 4.12. The average Bonchev–Trinajstić information content (AvgIpc) is 2.61. The number of nitrogens with zero attached hydrogens (tertiary/aromatic N) is 1. The minimum Gasteiger partial charge on any atom is -0.451 e. The summed E-state index contributed by atoms with van der Waals surface area (Å²) in [7, 11) is 0. The Balaban J connectivity index is 1.96. The molecule has 0 unspecified atom stereocenters. The monoisotopic (exact) mass is 412 g/mol. The summed E-state index contributed by atoms with van der Waals surface area (Å²) in [4.78, 5) is 24.0. The maximum absolute atomic E-state index is 12.0. The minimum absolute atomic E-state index is 0.168. The predicted molar refractivity (Wildman–Crippen MR) is 103 cm³/mol. The molecule has 0 radical (unpaired) electrons. The van der Waals surface area contributed by atoms with Crippen LogP contribution in [0, 0.1) is 25.2 Å². The van der Waals surface area contributed by atoms with Gasteiger partial charge in [0, 0.05) is 4.47 Å². The zero-order valence-electron chi connectivity index (χ0n) is 14.4. The number of esters is 1. The standard InChI is InChI=1S/C20H17BrN2O3/c1-13-3-6-15(7-4-13)10-16(11-22)20(25)26-12-19(24)23-18-8-5-14(2)9-17(18)21/h3-10H,12H2,1-2H3,(H,23,24)/b16-10+. The van der Waals surface area contributed by atoms with Crippen molar-refractivity contribution in [1.29, 1.82) is 5.26 Å². The number of hydrogen-bond acceptors (Lipinski definition) is 4. The molecule has 0 spiro atoms. The maximum Gasteiger partial charge on any atom is 0.349 e. The van der Waals surface area contributed by atoms with Gasteiger partial charge in [0.15, 0.2) is 6.61 Å². The highest BCUT2D eigenvalue weighted by Crippen LogP contribution is 2.23. The maximum atomic E-state index is 12.0. The number of carbonyl (C=O) groups excluding carboxylic acids is 2. The Morgan fingerprint density at radius 2 is 1.81 bits per heavy atom. The summed E-state index contributed by atoms with van der Waals surface area (Å²) in [5.41, 5.74) is 3.23. The van der Waals surface area contributed by atoms with Gasteiger partial charge < -0.3 is 10.1 Å². The van der Waals surface area contributed by atoms with Crippen LogP contribution in [0.25, 0.3) is 6.08 Å². The fourth-order valence-electron chi connectivity index (χ4n) is 2.08. The van der Waals surface area contributed by atoms with Crippen LogP contribution >= 0.6 is 15.9 Å².